The van der Waals surface area contributed by atoms with Crippen molar-refractivity contribution in [1.29, 1.82) is 0 Å². The Morgan fingerprint density at radius 3 is 2.37 bits per heavy atom. The van der Waals surface area contributed by atoms with Gasteiger partial charge in [0, 0.05) is 29.8 Å². The monoisotopic (exact) mass is 653 g/mol. The number of hydrogen-bond acceptors (Lipinski definition) is 6. The third kappa shape index (κ3) is 7.48. The number of carbonyl (C=O) groups excluding carboxylic acids is 1. The van der Waals surface area contributed by atoms with Gasteiger partial charge in [-0.15, -0.1) is 0 Å². The summed E-state index contributed by atoms with van der Waals surface area (Å²) < 4.78 is 91.1. The quantitative estimate of drug-likeness (QED) is 0.215. The third-order valence-corrected chi connectivity index (χ3v) is 7.91. The van der Waals surface area contributed by atoms with Crippen molar-refractivity contribution >= 4 is 17.9 Å². The minimum Gasteiger partial charge on any atom is -0.496 e. The van der Waals surface area contributed by atoms with E-state index in [0.29, 0.717) is 47.0 Å². The number of pyridine rings is 1. The second-order valence-corrected chi connectivity index (χ2v) is 11.2. The number of allylic oxidation sites excluding steroid dienone is 3. The van der Waals surface area contributed by atoms with E-state index in [4.69, 9.17) is 14.5 Å². The molecule has 2 aliphatic rings. The third-order valence-electron chi connectivity index (χ3n) is 7.91. The number of halogens is 6. The van der Waals surface area contributed by atoms with Gasteiger partial charge in [-0.1, -0.05) is 12.6 Å². The lowest BCUT2D eigenvalue weighted by Crippen LogP contribution is -2.38. The molecule has 14 heteroatoms. The van der Waals surface area contributed by atoms with Gasteiger partial charge in [-0.05, 0) is 74.2 Å². The van der Waals surface area contributed by atoms with Gasteiger partial charge in [0.15, 0.2) is 0 Å². The zero-order valence-corrected chi connectivity index (χ0v) is 25.6. The molecule has 1 N–H and O–H groups in total. The number of aryl methyl sites for hydroxylation is 1. The number of aromatic nitrogens is 1. The number of amides is 1. The fraction of sp³-hybridized carbons (Fsp3) is 0.406. The van der Waals surface area contributed by atoms with Gasteiger partial charge in [0.05, 0.1) is 37.4 Å². The first-order valence-electron chi connectivity index (χ1n) is 14.3. The summed E-state index contributed by atoms with van der Waals surface area (Å²) in [5, 5.41) is 9.36. The Labute approximate surface area is 261 Å². The molecular formula is C32H33F6N3O5. The summed E-state index contributed by atoms with van der Waals surface area (Å²) >= 11 is 0. The summed E-state index contributed by atoms with van der Waals surface area (Å²) in [6, 6.07) is 5.91. The first-order chi connectivity index (χ1) is 21.4. The van der Waals surface area contributed by atoms with Crippen molar-refractivity contribution < 1.29 is 50.5 Å². The van der Waals surface area contributed by atoms with E-state index in [9.17, 15) is 41.0 Å². The average molecular weight is 654 g/mol. The smallest absolute Gasteiger partial charge is 0.416 e. The number of aliphatic carboxylic acids is 1. The molecule has 4 rings (SSSR count). The Morgan fingerprint density at radius 1 is 1.15 bits per heavy atom. The van der Waals surface area contributed by atoms with Gasteiger partial charge in [0.25, 0.3) is 0 Å². The topological polar surface area (TPSA) is 92.2 Å². The van der Waals surface area contributed by atoms with Gasteiger partial charge in [0.2, 0.25) is 0 Å². The standard InChI is InChI=1S/C32H33F6N3O5/c1-17-12-26(40-9-6-10-40)39-24(28(17)23-14-21(15-27(42)43)7-8-25(23)45-5)16-41-20(4)29(46-30(41)44)18(2)11-22(32(36,37)38)13-19(3)31(33,34)35/h7-8,11-14,20,29H,2,6,9-10,15-16H2,1,3-5H3,(H,42,43)/b19-13+,22-11+/t20-,29+/m0/s1. The molecule has 2 aromatic rings. The number of carboxylic acid groups (broad SMARTS) is 1. The van der Waals surface area contributed by atoms with Crippen LogP contribution in [0.1, 0.15) is 37.1 Å². The number of benzene rings is 1. The molecule has 8 nitrogen and oxygen atoms in total. The van der Waals surface area contributed by atoms with Crippen molar-refractivity contribution in [3.63, 3.8) is 0 Å². The van der Waals surface area contributed by atoms with Crippen molar-refractivity contribution in [3.05, 3.63) is 76.5 Å². The fourth-order valence-corrected chi connectivity index (χ4v) is 5.31. The number of rotatable bonds is 10. The van der Waals surface area contributed by atoms with E-state index in [1.54, 1.807) is 18.2 Å². The van der Waals surface area contributed by atoms with Crippen LogP contribution in [0.5, 0.6) is 5.75 Å². The van der Waals surface area contributed by atoms with E-state index in [-0.39, 0.29) is 24.6 Å². The number of anilines is 1. The second kappa shape index (κ2) is 13.1. The van der Waals surface area contributed by atoms with E-state index in [0.717, 1.165) is 25.1 Å². The highest BCUT2D eigenvalue weighted by atomic mass is 19.4. The number of hydrogen-bond donors (Lipinski definition) is 1. The molecule has 0 unspecified atom stereocenters. The largest absolute Gasteiger partial charge is 0.496 e. The van der Waals surface area contributed by atoms with E-state index in [1.807, 2.05) is 17.9 Å². The van der Waals surface area contributed by atoms with E-state index >= 15 is 0 Å². The maximum Gasteiger partial charge on any atom is 0.416 e. The molecule has 1 aromatic carbocycles. The highest BCUT2D eigenvalue weighted by molar-refractivity contribution is 5.80. The molecule has 2 atom stereocenters. The van der Waals surface area contributed by atoms with E-state index < -0.39 is 47.7 Å². The number of ether oxygens (including phenoxy) is 2. The molecule has 2 aliphatic heterocycles. The summed E-state index contributed by atoms with van der Waals surface area (Å²) in [7, 11) is 1.46. The number of methoxy groups -OCH3 is 1. The van der Waals surface area contributed by atoms with E-state index in [1.165, 1.54) is 18.9 Å². The average Bonchev–Trinajstić information content (AvgIpc) is 3.18. The van der Waals surface area contributed by atoms with Crippen LogP contribution in [-0.4, -0.2) is 71.8 Å². The Balaban J connectivity index is 1.74. The molecule has 1 aromatic heterocycles. The summed E-state index contributed by atoms with van der Waals surface area (Å²) in [5.41, 5.74) is -0.646. The van der Waals surface area contributed by atoms with Crippen LogP contribution in [0.15, 0.2) is 59.7 Å². The zero-order valence-electron chi connectivity index (χ0n) is 25.6. The predicted octanol–water partition coefficient (Wildman–Crippen LogP) is 7.17. The van der Waals surface area contributed by atoms with Crippen LogP contribution in [0.2, 0.25) is 0 Å². The SMILES string of the molecule is C=C(/C=C(\C=C(/C)C(F)(F)F)C(F)(F)F)[C@H]1OC(=O)N(Cc2nc(N3CCC3)cc(C)c2-c2cc(CC(=O)O)ccc2OC)[C@H]1C. The molecule has 46 heavy (non-hydrogen) atoms. The molecule has 2 fully saturated rings. The molecule has 1 amide bonds. The molecular weight excluding hydrogens is 620 g/mol. The van der Waals surface area contributed by atoms with Crippen LogP contribution in [0.3, 0.4) is 0 Å². The maximum absolute atomic E-state index is 13.7. The van der Waals surface area contributed by atoms with Gasteiger partial charge in [0.1, 0.15) is 17.7 Å². The first-order valence-corrected chi connectivity index (χ1v) is 14.3. The number of cyclic esters (lactones) is 1. The summed E-state index contributed by atoms with van der Waals surface area (Å²) in [4.78, 5) is 32.7. The lowest BCUT2D eigenvalue weighted by Gasteiger charge is -2.33. The fourth-order valence-electron chi connectivity index (χ4n) is 5.31. The first kappa shape index (κ1) is 34.4. The van der Waals surface area contributed by atoms with Crippen molar-refractivity contribution in [3.8, 4) is 16.9 Å². The molecule has 0 saturated carbocycles. The lowest BCUT2D eigenvalue weighted by atomic mass is 9.94. The van der Waals surface area contributed by atoms with Crippen molar-refractivity contribution in [1.82, 2.24) is 9.88 Å². The highest BCUT2D eigenvalue weighted by Crippen LogP contribution is 2.40. The molecule has 0 radical (unpaired) electrons. The molecule has 0 aliphatic carbocycles. The summed E-state index contributed by atoms with van der Waals surface area (Å²) in [6.07, 6.45) is -11.2. The van der Waals surface area contributed by atoms with Crippen LogP contribution in [0.25, 0.3) is 11.1 Å². The van der Waals surface area contributed by atoms with Gasteiger partial charge < -0.3 is 19.5 Å². The van der Waals surface area contributed by atoms with Crippen LogP contribution < -0.4 is 9.64 Å². The second-order valence-electron chi connectivity index (χ2n) is 11.2. The van der Waals surface area contributed by atoms with E-state index in [2.05, 4.69) is 6.58 Å². The normalized spacial score (nSPS) is 19.2. The molecule has 2 saturated heterocycles. The van der Waals surface area contributed by atoms with Crippen molar-refractivity contribution in [2.45, 2.75) is 64.7 Å². The van der Waals surface area contributed by atoms with Crippen LogP contribution in [-0.2, 0) is 22.5 Å². The number of nitrogens with zero attached hydrogens (tertiary/aromatic N) is 3. The van der Waals surface area contributed by atoms with Crippen LogP contribution >= 0.6 is 0 Å². The van der Waals surface area contributed by atoms with Crippen molar-refractivity contribution in [2.24, 2.45) is 0 Å². The lowest BCUT2D eigenvalue weighted by molar-refractivity contribution is -0.136. The number of carbonyl (C=O) groups is 2. The Morgan fingerprint density at radius 2 is 1.83 bits per heavy atom. The molecule has 3 heterocycles. The molecule has 0 spiro atoms. The van der Waals surface area contributed by atoms with Gasteiger partial charge in [-0.3, -0.25) is 9.69 Å². The zero-order chi connectivity index (χ0) is 34.1. The predicted molar refractivity (Wildman–Crippen MR) is 157 cm³/mol. The van der Waals surface area contributed by atoms with Crippen LogP contribution in [0.4, 0.5) is 37.0 Å². The summed E-state index contributed by atoms with van der Waals surface area (Å²) in [5.74, 6) is 0.0345. The Kier molecular flexibility index (Phi) is 9.78. The minimum absolute atomic E-state index is 0.0174. The Bertz CT molecular complexity index is 1590. The number of carboxylic acids is 1. The Hall–Kier alpha value is -4.49. The van der Waals surface area contributed by atoms with Crippen molar-refractivity contribution in [2.75, 3.05) is 25.1 Å². The maximum atomic E-state index is 13.7. The number of alkyl halides is 6. The van der Waals surface area contributed by atoms with Gasteiger partial charge in [-0.25, -0.2) is 9.78 Å². The van der Waals surface area contributed by atoms with Gasteiger partial charge in [-0.2, -0.15) is 26.3 Å². The van der Waals surface area contributed by atoms with Crippen LogP contribution in [0, 0.1) is 6.92 Å². The molecule has 248 valence electrons. The highest BCUT2D eigenvalue weighted by Gasteiger charge is 2.42. The van der Waals surface area contributed by atoms with Gasteiger partial charge >= 0.3 is 24.4 Å². The summed E-state index contributed by atoms with van der Waals surface area (Å²) in [6.45, 7) is 8.86. The molecule has 0 bridgehead atoms. The minimum atomic E-state index is -5.14.